The van der Waals surface area contributed by atoms with E-state index in [0.717, 1.165) is 5.56 Å². The monoisotopic (exact) mass is 328 g/mol. The van der Waals surface area contributed by atoms with Gasteiger partial charge in [-0.2, -0.15) is 0 Å². The number of hydrogen-bond donors (Lipinski definition) is 1. The van der Waals surface area contributed by atoms with Crippen molar-refractivity contribution < 1.29 is 19.2 Å². The van der Waals surface area contributed by atoms with Crippen molar-refractivity contribution in [3.05, 3.63) is 69.8 Å². The van der Waals surface area contributed by atoms with E-state index >= 15 is 0 Å². The number of hydrogen-bond acceptors (Lipinski definition) is 5. The molecule has 7 heteroatoms. The van der Waals surface area contributed by atoms with Gasteiger partial charge in [-0.3, -0.25) is 19.7 Å². The molecule has 0 spiro atoms. The summed E-state index contributed by atoms with van der Waals surface area (Å²) in [5, 5.41) is 13.5. The average molecular weight is 328 g/mol. The first-order chi connectivity index (χ1) is 11.5. The van der Waals surface area contributed by atoms with Gasteiger partial charge in [0.25, 0.3) is 11.6 Å². The largest absolute Gasteiger partial charge is 0.455 e. The molecule has 0 atom stereocenters. The lowest BCUT2D eigenvalue weighted by molar-refractivity contribution is -0.385. The van der Waals surface area contributed by atoms with Crippen LogP contribution in [0.15, 0.2) is 48.5 Å². The molecule has 0 saturated heterocycles. The molecular weight excluding hydrogens is 312 g/mol. The molecule has 124 valence electrons. The molecule has 2 aromatic carbocycles. The number of nitrogens with one attached hydrogen (secondary N) is 1. The Bertz CT molecular complexity index is 756. The highest BCUT2D eigenvalue weighted by molar-refractivity contribution is 5.92. The minimum absolute atomic E-state index is 0.154. The van der Waals surface area contributed by atoms with Gasteiger partial charge in [0.05, 0.1) is 11.3 Å². The number of nitro benzene ring substituents is 1. The fourth-order valence-electron chi connectivity index (χ4n) is 2.02. The number of nitrogens with zero attached hydrogens (tertiary/aromatic N) is 1. The van der Waals surface area contributed by atoms with Gasteiger partial charge >= 0.3 is 5.97 Å². The van der Waals surface area contributed by atoms with E-state index in [0.29, 0.717) is 5.69 Å². The first kappa shape index (κ1) is 17.1. The highest BCUT2D eigenvalue weighted by Gasteiger charge is 2.17. The smallest absolute Gasteiger partial charge is 0.311 e. The minimum Gasteiger partial charge on any atom is -0.455 e. The van der Waals surface area contributed by atoms with E-state index in [4.69, 9.17) is 4.74 Å². The molecule has 24 heavy (non-hydrogen) atoms. The molecule has 1 N–H and O–H groups in total. The fraction of sp³-hybridized carbons (Fsp3) is 0.176. The van der Waals surface area contributed by atoms with E-state index in [1.54, 1.807) is 18.2 Å². The van der Waals surface area contributed by atoms with Crippen LogP contribution in [0.4, 0.5) is 11.4 Å². The van der Waals surface area contributed by atoms with Gasteiger partial charge in [0.2, 0.25) is 0 Å². The predicted octanol–water partition coefficient (Wildman–Crippen LogP) is 2.63. The number of rotatable bonds is 6. The molecule has 7 nitrogen and oxygen atoms in total. The van der Waals surface area contributed by atoms with Crippen molar-refractivity contribution in [3.8, 4) is 0 Å². The predicted molar refractivity (Wildman–Crippen MR) is 87.6 cm³/mol. The van der Waals surface area contributed by atoms with Crippen molar-refractivity contribution in [2.24, 2.45) is 0 Å². The molecule has 1 amide bonds. The molecule has 0 aromatic heterocycles. The van der Waals surface area contributed by atoms with Gasteiger partial charge in [0.15, 0.2) is 6.61 Å². The van der Waals surface area contributed by atoms with Gasteiger partial charge < -0.3 is 10.1 Å². The molecule has 0 saturated carbocycles. The number of aryl methyl sites for hydroxylation is 1. The van der Waals surface area contributed by atoms with Gasteiger partial charge in [-0.05, 0) is 19.1 Å². The van der Waals surface area contributed by atoms with Crippen molar-refractivity contribution in [2.75, 3.05) is 11.9 Å². The summed E-state index contributed by atoms with van der Waals surface area (Å²) in [6.45, 7) is 1.48. The molecule has 0 bridgehead atoms. The number of ether oxygens (including phenoxy) is 1. The summed E-state index contributed by atoms with van der Waals surface area (Å²) in [5.74, 6) is -1.18. The summed E-state index contributed by atoms with van der Waals surface area (Å²) in [6.07, 6.45) is -0.269. The lowest BCUT2D eigenvalue weighted by Gasteiger charge is -2.07. The number of benzene rings is 2. The maximum Gasteiger partial charge on any atom is 0.311 e. The zero-order valence-corrected chi connectivity index (χ0v) is 13.0. The van der Waals surface area contributed by atoms with E-state index < -0.39 is 23.4 Å². The van der Waals surface area contributed by atoms with E-state index in [-0.39, 0.29) is 17.7 Å². The minimum atomic E-state index is -0.705. The van der Waals surface area contributed by atoms with Crippen molar-refractivity contribution in [1.82, 2.24) is 0 Å². The van der Waals surface area contributed by atoms with E-state index in [1.807, 2.05) is 19.1 Å². The standard InChI is InChI=1S/C17H16N2O5/c1-12-6-8-14(9-7-12)18-16(20)11-24-17(21)10-13-4-2-3-5-15(13)19(22)23/h2-9H,10-11H2,1H3,(H,18,20). The number of anilines is 1. The summed E-state index contributed by atoms with van der Waals surface area (Å²) in [5.41, 5.74) is 1.74. The molecule has 0 aliphatic carbocycles. The number of carbonyl (C=O) groups excluding carboxylic acids is 2. The number of amides is 1. The Kier molecular flexibility index (Phi) is 5.62. The van der Waals surface area contributed by atoms with E-state index in [9.17, 15) is 19.7 Å². The van der Waals surface area contributed by atoms with Crippen LogP contribution in [0.25, 0.3) is 0 Å². The lowest BCUT2D eigenvalue weighted by atomic mass is 10.1. The number of para-hydroxylation sites is 1. The zero-order chi connectivity index (χ0) is 17.5. The molecule has 0 radical (unpaired) electrons. The number of esters is 1. The van der Waals surface area contributed by atoms with Crippen LogP contribution in [-0.4, -0.2) is 23.4 Å². The van der Waals surface area contributed by atoms with Crippen LogP contribution in [0.2, 0.25) is 0 Å². The second-order valence-electron chi connectivity index (χ2n) is 5.14. The maximum absolute atomic E-state index is 11.8. The molecular formula is C17H16N2O5. The van der Waals surface area contributed by atoms with Crippen molar-refractivity contribution >= 4 is 23.3 Å². The number of carbonyl (C=O) groups is 2. The van der Waals surface area contributed by atoms with Gasteiger partial charge in [-0.1, -0.05) is 35.9 Å². The molecule has 0 fully saturated rings. The Morgan fingerprint density at radius 1 is 1.12 bits per heavy atom. The normalized spacial score (nSPS) is 10.0. The third-order valence-corrected chi connectivity index (χ3v) is 3.22. The van der Waals surface area contributed by atoms with E-state index in [2.05, 4.69) is 5.32 Å². The summed E-state index contributed by atoms with van der Waals surface area (Å²) in [6, 6.07) is 13.1. The van der Waals surface area contributed by atoms with Crippen LogP contribution < -0.4 is 5.32 Å². The zero-order valence-electron chi connectivity index (χ0n) is 13.0. The Morgan fingerprint density at radius 3 is 2.46 bits per heavy atom. The van der Waals surface area contributed by atoms with Crippen molar-refractivity contribution in [2.45, 2.75) is 13.3 Å². The van der Waals surface area contributed by atoms with Crippen LogP contribution in [0, 0.1) is 17.0 Å². The Labute approximate surface area is 138 Å². The summed E-state index contributed by atoms with van der Waals surface area (Å²) in [4.78, 5) is 33.8. The summed E-state index contributed by atoms with van der Waals surface area (Å²) in [7, 11) is 0. The topological polar surface area (TPSA) is 98.5 Å². The first-order valence-electron chi connectivity index (χ1n) is 7.20. The van der Waals surface area contributed by atoms with Crippen LogP contribution in [0.5, 0.6) is 0 Å². The average Bonchev–Trinajstić information content (AvgIpc) is 2.55. The van der Waals surface area contributed by atoms with Crippen LogP contribution in [0.3, 0.4) is 0 Å². The van der Waals surface area contributed by atoms with Crippen molar-refractivity contribution in [1.29, 1.82) is 0 Å². The van der Waals surface area contributed by atoms with Crippen LogP contribution >= 0.6 is 0 Å². The van der Waals surface area contributed by atoms with Crippen molar-refractivity contribution in [3.63, 3.8) is 0 Å². The SMILES string of the molecule is Cc1ccc(NC(=O)COC(=O)Cc2ccccc2[N+](=O)[O-])cc1. The first-order valence-corrected chi connectivity index (χ1v) is 7.20. The molecule has 0 aliphatic heterocycles. The van der Waals surface area contributed by atoms with Gasteiger partial charge in [-0.15, -0.1) is 0 Å². The molecule has 0 aliphatic rings. The van der Waals surface area contributed by atoms with Gasteiger partial charge in [0.1, 0.15) is 0 Å². The molecule has 0 heterocycles. The van der Waals surface area contributed by atoms with Crippen LogP contribution in [0.1, 0.15) is 11.1 Å². The number of nitro groups is 1. The molecule has 2 rings (SSSR count). The summed E-state index contributed by atoms with van der Waals surface area (Å²) >= 11 is 0. The second kappa shape index (κ2) is 7.87. The van der Waals surface area contributed by atoms with E-state index in [1.165, 1.54) is 18.2 Å². The third-order valence-electron chi connectivity index (χ3n) is 3.22. The highest BCUT2D eigenvalue weighted by atomic mass is 16.6. The highest BCUT2D eigenvalue weighted by Crippen LogP contribution is 2.18. The van der Waals surface area contributed by atoms with Crippen LogP contribution in [-0.2, 0) is 20.7 Å². The lowest BCUT2D eigenvalue weighted by Crippen LogP contribution is -2.21. The Hall–Kier alpha value is -3.22. The maximum atomic E-state index is 11.8. The van der Waals surface area contributed by atoms with Gasteiger partial charge in [-0.25, -0.2) is 0 Å². The third kappa shape index (κ3) is 4.91. The molecule has 2 aromatic rings. The second-order valence-corrected chi connectivity index (χ2v) is 5.14. The molecule has 0 unspecified atom stereocenters. The Balaban J connectivity index is 1.86. The Morgan fingerprint density at radius 2 is 1.79 bits per heavy atom. The fourth-order valence-corrected chi connectivity index (χ4v) is 2.02. The van der Waals surface area contributed by atoms with Gasteiger partial charge in [0, 0.05) is 17.3 Å². The summed E-state index contributed by atoms with van der Waals surface area (Å²) < 4.78 is 4.86. The quantitative estimate of drug-likeness (QED) is 0.499.